The Morgan fingerprint density at radius 2 is 1.73 bits per heavy atom. The van der Waals surface area contributed by atoms with Crippen LogP contribution in [0.2, 0.25) is 0 Å². The van der Waals surface area contributed by atoms with Crippen molar-refractivity contribution in [2.24, 2.45) is 25.8 Å². The third-order valence-electron chi connectivity index (χ3n) is 8.20. The van der Waals surface area contributed by atoms with Crippen LogP contribution in [0.5, 0.6) is 0 Å². The number of nitrogens with zero attached hydrogens (tertiary/aromatic N) is 3. The lowest BCUT2D eigenvalue weighted by Gasteiger charge is -2.54. The van der Waals surface area contributed by atoms with Crippen LogP contribution in [0.3, 0.4) is 0 Å². The standard InChI is InChI=1S/C23H29N3/c1-4-17-14-18-5-2-7-23(8-3-11-26-23)20(18)22(10-13-25-16-22)19(17)21(6-1)9-12-24-15-21/h11-12,16H,1-10,13-15H2. The van der Waals surface area contributed by atoms with E-state index in [1.54, 1.807) is 22.3 Å². The van der Waals surface area contributed by atoms with Gasteiger partial charge in [0.25, 0.3) is 0 Å². The average Bonchev–Trinajstić information content (AvgIpc) is 3.39. The molecule has 6 rings (SSSR count). The van der Waals surface area contributed by atoms with Gasteiger partial charge in [0, 0.05) is 24.7 Å². The zero-order chi connectivity index (χ0) is 17.2. The molecule has 3 heterocycles. The molecule has 0 amide bonds. The summed E-state index contributed by atoms with van der Waals surface area (Å²) >= 11 is 0. The molecule has 26 heavy (non-hydrogen) atoms. The zero-order valence-electron chi connectivity index (χ0n) is 15.8. The second-order valence-corrected chi connectivity index (χ2v) is 9.49. The van der Waals surface area contributed by atoms with Crippen molar-refractivity contribution >= 4 is 18.6 Å². The predicted octanol–water partition coefficient (Wildman–Crippen LogP) is 4.88. The van der Waals surface area contributed by atoms with Crippen LogP contribution in [-0.2, 0) is 0 Å². The Morgan fingerprint density at radius 1 is 0.846 bits per heavy atom. The number of aliphatic imine (C=N–C) groups is 3. The lowest BCUT2D eigenvalue weighted by Crippen LogP contribution is -2.49. The summed E-state index contributed by atoms with van der Waals surface area (Å²) in [5.74, 6) is 0. The third-order valence-corrected chi connectivity index (χ3v) is 8.20. The summed E-state index contributed by atoms with van der Waals surface area (Å²) in [7, 11) is 0. The monoisotopic (exact) mass is 347 g/mol. The third kappa shape index (κ3) is 1.82. The van der Waals surface area contributed by atoms with Crippen LogP contribution in [-0.4, -0.2) is 37.3 Å². The van der Waals surface area contributed by atoms with Gasteiger partial charge < -0.3 is 0 Å². The van der Waals surface area contributed by atoms with Crippen LogP contribution in [0.15, 0.2) is 37.3 Å². The minimum atomic E-state index is 0.0825. The predicted molar refractivity (Wildman–Crippen MR) is 108 cm³/mol. The van der Waals surface area contributed by atoms with Crippen LogP contribution in [0.4, 0.5) is 0 Å². The smallest absolute Gasteiger partial charge is 0.0831 e. The second-order valence-electron chi connectivity index (χ2n) is 9.49. The van der Waals surface area contributed by atoms with Gasteiger partial charge in [-0.05, 0) is 94.2 Å². The first-order chi connectivity index (χ1) is 12.8. The summed E-state index contributed by atoms with van der Waals surface area (Å²) in [5.41, 5.74) is 7.49. The summed E-state index contributed by atoms with van der Waals surface area (Å²) in [6.07, 6.45) is 20.6. The van der Waals surface area contributed by atoms with Crippen molar-refractivity contribution in [3.63, 3.8) is 0 Å². The Balaban J connectivity index is 1.59. The van der Waals surface area contributed by atoms with Crippen molar-refractivity contribution in [1.82, 2.24) is 0 Å². The molecule has 0 N–H and O–H groups in total. The van der Waals surface area contributed by atoms with E-state index in [4.69, 9.17) is 15.0 Å². The Labute approximate surface area is 156 Å². The van der Waals surface area contributed by atoms with E-state index >= 15 is 0 Å². The van der Waals surface area contributed by atoms with E-state index in [0.717, 1.165) is 25.9 Å². The molecule has 3 atom stereocenters. The fourth-order valence-electron chi connectivity index (χ4n) is 7.49. The molecule has 6 aliphatic rings. The molecule has 0 radical (unpaired) electrons. The SMILES string of the molecule is C1=NCCC12C1=C(CCCC13CC=NC3)CC1=C2C2(CCC=N2)CCC1. The Morgan fingerprint density at radius 3 is 2.46 bits per heavy atom. The highest BCUT2D eigenvalue weighted by molar-refractivity contribution is 5.83. The number of hydrogen-bond acceptors (Lipinski definition) is 3. The van der Waals surface area contributed by atoms with Gasteiger partial charge in [0.05, 0.1) is 11.0 Å². The Kier molecular flexibility index (Phi) is 3.15. The molecule has 3 spiro atoms. The molecular formula is C23H29N3. The number of rotatable bonds is 0. The van der Waals surface area contributed by atoms with Crippen LogP contribution in [0, 0.1) is 10.8 Å². The van der Waals surface area contributed by atoms with Gasteiger partial charge >= 0.3 is 0 Å². The summed E-state index contributed by atoms with van der Waals surface area (Å²) in [4.78, 5) is 14.8. The lowest BCUT2D eigenvalue weighted by molar-refractivity contribution is 0.254. The van der Waals surface area contributed by atoms with E-state index in [9.17, 15) is 0 Å². The molecular weight excluding hydrogens is 318 g/mol. The molecule has 3 heteroatoms. The molecule has 0 bridgehead atoms. The molecule has 136 valence electrons. The average molecular weight is 348 g/mol. The molecule has 3 nitrogen and oxygen atoms in total. The largest absolute Gasteiger partial charge is 0.297 e. The maximum absolute atomic E-state index is 5.18. The van der Waals surface area contributed by atoms with Crippen molar-refractivity contribution in [2.75, 3.05) is 13.1 Å². The molecule has 0 saturated heterocycles. The number of hydrogen-bond donors (Lipinski definition) is 0. The normalized spacial score (nSPS) is 43.4. The maximum atomic E-state index is 5.18. The molecule has 3 aliphatic heterocycles. The molecule has 0 saturated carbocycles. The van der Waals surface area contributed by atoms with Crippen molar-refractivity contribution in [2.45, 2.75) is 76.2 Å². The fourth-order valence-corrected chi connectivity index (χ4v) is 7.49. The quantitative estimate of drug-likeness (QED) is 0.560. The summed E-state index contributed by atoms with van der Waals surface area (Å²) in [6, 6.07) is 0. The summed E-state index contributed by atoms with van der Waals surface area (Å²) in [6.45, 7) is 2.00. The van der Waals surface area contributed by atoms with Gasteiger partial charge in [0.2, 0.25) is 0 Å². The molecule has 3 unspecified atom stereocenters. The second kappa shape index (κ2) is 5.27. The summed E-state index contributed by atoms with van der Waals surface area (Å²) in [5, 5.41) is 0. The van der Waals surface area contributed by atoms with Crippen LogP contribution in [0.1, 0.15) is 70.6 Å². The lowest BCUT2D eigenvalue weighted by atomic mass is 9.49. The van der Waals surface area contributed by atoms with Crippen LogP contribution < -0.4 is 0 Å². The van der Waals surface area contributed by atoms with Gasteiger partial charge in [-0.15, -0.1) is 0 Å². The first-order valence-electron chi connectivity index (χ1n) is 10.8. The van der Waals surface area contributed by atoms with E-state index in [0.29, 0.717) is 5.41 Å². The topological polar surface area (TPSA) is 37.1 Å². The van der Waals surface area contributed by atoms with Gasteiger partial charge in [-0.3, -0.25) is 15.0 Å². The highest BCUT2D eigenvalue weighted by atomic mass is 14.9. The van der Waals surface area contributed by atoms with E-state index in [2.05, 4.69) is 18.6 Å². The highest BCUT2D eigenvalue weighted by Gasteiger charge is 2.58. The van der Waals surface area contributed by atoms with Gasteiger partial charge in [-0.25, -0.2) is 0 Å². The van der Waals surface area contributed by atoms with E-state index in [1.165, 1.54) is 57.8 Å². The summed E-state index contributed by atoms with van der Waals surface area (Å²) < 4.78 is 0. The van der Waals surface area contributed by atoms with Gasteiger partial charge in [0.15, 0.2) is 0 Å². The number of fused-ring (bicyclic) bond motifs is 4. The molecule has 0 aromatic heterocycles. The Bertz CT molecular complexity index is 803. The van der Waals surface area contributed by atoms with E-state index < -0.39 is 0 Å². The minimum Gasteiger partial charge on any atom is -0.297 e. The van der Waals surface area contributed by atoms with Crippen molar-refractivity contribution in [3.05, 3.63) is 22.3 Å². The molecule has 0 aromatic rings. The van der Waals surface area contributed by atoms with Crippen LogP contribution in [0.25, 0.3) is 0 Å². The number of allylic oxidation sites excluding steroid dienone is 2. The molecule has 0 fully saturated rings. The molecule has 0 aromatic carbocycles. The molecule has 3 aliphatic carbocycles. The van der Waals surface area contributed by atoms with Crippen LogP contribution >= 0.6 is 0 Å². The van der Waals surface area contributed by atoms with Gasteiger partial charge in [0.1, 0.15) is 0 Å². The highest BCUT2D eigenvalue weighted by Crippen LogP contribution is 2.65. The van der Waals surface area contributed by atoms with Gasteiger partial charge in [-0.1, -0.05) is 11.1 Å². The van der Waals surface area contributed by atoms with Crippen molar-refractivity contribution < 1.29 is 0 Å². The van der Waals surface area contributed by atoms with E-state index in [-0.39, 0.29) is 11.0 Å². The minimum absolute atomic E-state index is 0.0825. The fraction of sp³-hybridized carbons (Fsp3) is 0.696. The Hall–Kier alpha value is -1.51. The van der Waals surface area contributed by atoms with Crippen molar-refractivity contribution in [1.29, 1.82) is 0 Å². The van der Waals surface area contributed by atoms with Gasteiger partial charge in [-0.2, -0.15) is 0 Å². The van der Waals surface area contributed by atoms with Crippen molar-refractivity contribution in [3.8, 4) is 0 Å². The first-order valence-corrected chi connectivity index (χ1v) is 10.8. The maximum Gasteiger partial charge on any atom is 0.0831 e. The van der Waals surface area contributed by atoms with E-state index in [1.807, 2.05) is 0 Å². The first kappa shape index (κ1) is 15.5. The zero-order valence-corrected chi connectivity index (χ0v) is 15.8.